The van der Waals surface area contributed by atoms with Gasteiger partial charge in [-0.1, -0.05) is 64.1 Å². The van der Waals surface area contributed by atoms with Gasteiger partial charge in [0.25, 0.3) is 0 Å². The molecule has 0 aromatic rings. The molecule has 0 heterocycles. The van der Waals surface area contributed by atoms with Crippen molar-refractivity contribution in [2.45, 2.75) is 83.5 Å². The van der Waals surface area contributed by atoms with E-state index in [1.807, 2.05) is 0 Å². The van der Waals surface area contributed by atoms with Crippen LogP contribution in [0.1, 0.15) is 80.1 Å². The van der Waals surface area contributed by atoms with Gasteiger partial charge in [-0.3, -0.25) is 0 Å². The molecule has 0 radical (unpaired) electrons. The Hall–Kier alpha value is 0.730. The molecule has 0 aromatic heterocycles. The molecule has 7 aliphatic rings. The quantitative estimate of drug-likeness (QED) is 0.217. The zero-order valence-corrected chi connectivity index (χ0v) is 23.1. The van der Waals surface area contributed by atoms with Crippen LogP contribution < -0.4 is 0 Å². The highest BCUT2D eigenvalue weighted by molar-refractivity contribution is 14.1. The fourth-order valence-corrected chi connectivity index (χ4v) is 16.2. The summed E-state index contributed by atoms with van der Waals surface area (Å²) >= 11 is 3.10. The van der Waals surface area contributed by atoms with E-state index in [0.717, 1.165) is 101 Å². The van der Waals surface area contributed by atoms with Crippen molar-refractivity contribution in [3.05, 3.63) is 0 Å². The average molecular weight is 535 g/mol. The first-order valence-electron chi connectivity index (χ1n) is 14.4. The molecule has 7 rings (SSSR count). The zero-order valence-electron chi connectivity index (χ0n) is 20.9. The van der Waals surface area contributed by atoms with Crippen LogP contribution in [0.5, 0.6) is 0 Å². The number of hydrogen-bond acceptors (Lipinski definition) is 0. The molecule has 7 saturated carbocycles. The van der Waals surface area contributed by atoms with Crippen LogP contribution in [-0.2, 0) is 0 Å². The van der Waals surface area contributed by atoms with Crippen molar-refractivity contribution >= 4 is 22.6 Å². The summed E-state index contributed by atoms with van der Waals surface area (Å²) in [4.78, 5) is 0. The molecule has 0 spiro atoms. The van der Waals surface area contributed by atoms with E-state index in [2.05, 4.69) is 64.1 Å². The third-order valence-corrected chi connectivity index (χ3v) is 15.2. The lowest BCUT2D eigenvalue weighted by molar-refractivity contribution is -0.265. The van der Waals surface area contributed by atoms with Gasteiger partial charge in [-0.05, 0) is 139 Å². The van der Waals surface area contributed by atoms with Gasteiger partial charge in [0.15, 0.2) is 0 Å². The van der Waals surface area contributed by atoms with Crippen LogP contribution >= 0.6 is 22.6 Å². The Bertz CT molecular complexity index is 698. The van der Waals surface area contributed by atoms with Crippen molar-refractivity contribution in [2.24, 2.45) is 101 Å². The Kier molecular flexibility index (Phi) is 4.54. The van der Waals surface area contributed by atoms with Crippen LogP contribution in [0.25, 0.3) is 0 Å². The van der Waals surface area contributed by atoms with Gasteiger partial charge in [-0.2, -0.15) is 0 Å². The first-order chi connectivity index (χ1) is 14.7. The van der Waals surface area contributed by atoms with E-state index in [9.17, 15) is 0 Å². The Balaban J connectivity index is 1.46. The van der Waals surface area contributed by atoms with Crippen LogP contribution in [0, 0.1) is 101 Å². The van der Waals surface area contributed by atoms with Crippen molar-refractivity contribution in [3.63, 3.8) is 0 Å². The van der Waals surface area contributed by atoms with E-state index in [1.165, 1.54) is 0 Å². The van der Waals surface area contributed by atoms with E-state index >= 15 is 0 Å². The average Bonchev–Trinajstić information content (AvgIpc) is 2.65. The number of hydrogen-bond donors (Lipinski definition) is 0. The minimum atomic E-state index is 0.620. The predicted octanol–water partition coefficient (Wildman–Crippen LogP) is 8.19. The molecule has 0 bridgehead atoms. The lowest BCUT2D eigenvalue weighted by Crippen LogP contribution is -2.72. The summed E-state index contributed by atoms with van der Waals surface area (Å²) in [6, 6.07) is 0. The minimum Gasteiger partial charge on any atom is -0.0785 e. The maximum absolute atomic E-state index is 3.10. The van der Waals surface area contributed by atoms with Gasteiger partial charge in [0.2, 0.25) is 0 Å². The van der Waals surface area contributed by atoms with Crippen molar-refractivity contribution in [1.82, 2.24) is 0 Å². The summed E-state index contributed by atoms with van der Waals surface area (Å²) in [5, 5.41) is 0. The second kappa shape index (κ2) is 6.69. The minimum absolute atomic E-state index is 0.620. The normalized spacial score (nSPS) is 70.7. The molecule has 0 N–H and O–H groups in total. The summed E-state index contributed by atoms with van der Waals surface area (Å²) in [7, 11) is 0. The highest BCUT2D eigenvalue weighted by atomic mass is 127. The molecule has 7 fully saturated rings. The van der Waals surface area contributed by atoms with E-state index in [4.69, 9.17) is 0 Å². The van der Waals surface area contributed by atoms with Gasteiger partial charge in [-0.15, -0.1) is 0 Å². The molecular formula is C30H47I. The fourth-order valence-electron chi connectivity index (χ4n) is 14.0. The molecule has 1 heteroatoms. The molecule has 31 heavy (non-hydrogen) atoms. The van der Waals surface area contributed by atoms with Crippen molar-refractivity contribution in [2.75, 3.05) is 0 Å². The molecule has 7 aliphatic carbocycles. The van der Waals surface area contributed by atoms with E-state index in [0.29, 0.717) is 3.42 Å². The van der Waals surface area contributed by atoms with Crippen molar-refractivity contribution in [3.8, 4) is 0 Å². The maximum Gasteiger partial charge on any atom is 0.0261 e. The van der Waals surface area contributed by atoms with Crippen LogP contribution in [0.4, 0.5) is 0 Å². The molecule has 18 atom stereocenters. The third kappa shape index (κ3) is 2.50. The number of halogens is 1. The van der Waals surface area contributed by atoms with Crippen molar-refractivity contribution < 1.29 is 0 Å². The third-order valence-electron chi connectivity index (χ3n) is 13.6. The van der Waals surface area contributed by atoms with Gasteiger partial charge in [0.05, 0.1) is 0 Å². The first kappa shape index (κ1) is 21.0. The highest BCUT2D eigenvalue weighted by Crippen LogP contribution is 2.77. The van der Waals surface area contributed by atoms with Gasteiger partial charge >= 0.3 is 0 Å². The molecule has 174 valence electrons. The molecule has 16 unspecified atom stereocenters. The van der Waals surface area contributed by atoms with Crippen LogP contribution in [0.15, 0.2) is 0 Å². The molecule has 0 aromatic carbocycles. The van der Waals surface area contributed by atoms with Gasteiger partial charge < -0.3 is 0 Å². The molecular weight excluding hydrogens is 487 g/mol. The van der Waals surface area contributed by atoms with Crippen LogP contribution in [0.2, 0.25) is 0 Å². The van der Waals surface area contributed by atoms with Gasteiger partial charge in [0.1, 0.15) is 0 Å². The second-order valence-electron chi connectivity index (χ2n) is 14.9. The summed E-state index contributed by atoms with van der Waals surface area (Å²) in [5.41, 5.74) is 0. The smallest absolute Gasteiger partial charge is 0.0261 e. The summed E-state index contributed by atoms with van der Waals surface area (Å²) < 4.78 is 0.620. The van der Waals surface area contributed by atoms with E-state index < -0.39 is 0 Å². The molecule has 0 aliphatic heterocycles. The SMILES string of the molecule is CC1CC2CC(C)C3C(C)CC4(I)C[C@H](C)C5C6C7C(CC(C)C1C7C2C3C64)C[C@H]5C. The molecule has 0 nitrogen and oxygen atoms in total. The van der Waals surface area contributed by atoms with Crippen molar-refractivity contribution in [1.29, 1.82) is 0 Å². The monoisotopic (exact) mass is 534 g/mol. The zero-order chi connectivity index (χ0) is 21.6. The lowest BCUT2D eigenvalue weighted by atomic mass is 9.30. The fraction of sp³-hybridized carbons (Fsp3) is 1.00. The Morgan fingerprint density at radius 1 is 0.452 bits per heavy atom. The number of rotatable bonds is 0. The van der Waals surface area contributed by atoms with E-state index in [-0.39, 0.29) is 0 Å². The standard InChI is InChI=1S/C30H47I/c1-13-7-19-9-15(3)22-17(5)11-30(31)12-18(6)23-16(4)10-20-8-14(2)21(13)26-24(19)27(22)29(30)28(23)25(20)26/h13-29H,7-12H2,1-6H3/t13?,14?,15-,16?,17+,18?,19?,20?,21?,22?,23?,24?,25?,26?,27?,28?,29?,30?/m1/s1. The Labute approximate surface area is 206 Å². The lowest BCUT2D eigenvalue weighted by Gasteiger charge is -2.76. The van der Waals surface area contributed by atoms with Gasteiger partial charge in [-0.25, -0.2) is 0 Å². The van der Waals surface area contributed by atoms with Crippen LogP contribution in [0.3, 0.4) is 0 Å². The second-order valence-corrected chi connectivity index (χ2v) is 17.1. The topological polar surface area (TPSA) is 0 Å². The summed E-state index contributed by atoms with van der Waals surface area (Å²) in [6.45, 7) is 16.2. The Morgan fingerprint density at radius 3 is 1.19 bits per heavy atom. The summed E-state index contributed by atoms with van der Waals surface area (Å²) in [5.74, 6) is 17.7. The van der Waals surface area contributed by atoms with Gasteiger partial charge in [0, 0.05) is 3.42 Å². The predicted molar refractivity (Wildman–Crippen MR) is 138 cm³/mol. The van der Waals surface area contributed by atoms with E-state index in [1.54, 1.807) is 38.5 Å². The Morgan fingerprint density at radius 2 is 0.806 bits per heavy atom. The molecule has 0 amide bonds. The van der Waals surface area contributed by atoms with Crippen LogP contribution in [-0.4, -0.2) is 3.42 Å². The largest absolute Gasteiger partial charge is 0.0785 e. The highest BCUT2D eigenvalue weighted by Gasteiger charge is 2.73. The maximum atomic E-state index is 3.10. The first-order valence-corrected chi connectivity index (χ1v) is 15.5. The molecule has 0 saturated heterocycles. The number of alkyl halides is 1. The summed E-state index contributed by atoms with van der Waals surface area (Å²) in [6.07, 6.45) is 9.41.